The fraction of sp³-hybridized carbons (Fsp3) is 0.625. The van der Waals surface area contributed by atoms with Gasteiger partial charge >= 0.3 is 0 Å². The van der Waals surface area contributed by atoms with Crippen molar-refractivity contribution < 1.29 is 4.79 Å². The van der Waals surface area contributed by atoms with E-state index in [9.17, 15) is 4.79 Å². The number of carbonyl (C=O) groups is 1. The molecule has 1 amide bonds. The van der Waals surface area contributed by atoms with Crippen molar-refractivity contribution in [2.45, 2.75) is 51.9 Å². The summed E-state index contributed by atoms with van der Waals surface area (Å²) in [7, 11) is 0. The number of unbranched alkanes of at least 4 members (excludes halogenated alkanes) is 1. The number of aromatic nitrogens is 1. The molecule has 2 rings (SSSR count). The van der Waals surface area contributed by atoms with E-state index in [0.29, 0.717) is 5.82 Å². The second kappa shape index (κ2) is 7.77. The van der Waals surface area contributed by atoms with Crippen molar-refractivity contribution in [3.8, 4) is 0 Å². The van der Waals surface area contributed by atoms with Gasteiger partial charge in [0.1, 0.15) is 5.82 Å². The van der Waals surface area contributed by atoms with Crippen molar-refractivity contribution in [2.75, 3.05) is 5.32 Å². The third-order valence-electron chi connectivity index (χ3n) is 4.18. The van der Waals surface area contributed by atoms with Gasteiger partial charge in [-0.3, -0.25) is 4.79 Å². The van der Waals surface area contributed by atoms with E-state index >= 15 is 0 Å². The van der Waals surface area contributed by atoms with Gasteiger partial charge in [0.15, 0.2) is 0 Å². The number of amides is 1. The lowest BCUT2D eigenvalue weighted by atomic mass is 9.79. The molecule has 1 aliphatic carbocycles. The van der Waals surface area contributed by atoms with E-state index in [0.717, 1.165) is 23.2 Å². The largest absolute Gasteiger partial charge is 0.310 e. The Morgan fingerprint density at radius 2 is 2.15 bits per heavy atom. The number of nitrogens with zero attached hydrogens (tertiary/aromatic N) is 1. The van der Waals surface area contributed by atoms with Crippen LogP contribution in [0.15, 0.2) is 22.8 Å². The SMILES string of the molecule is CCCCC1CCC(C(=O)Nc2ncccc2Br)CC1. The molecule has 1 aliphatic rings. The number of carbonyl (C=O) groups excluding carboxylic acids is 1. The molecule has 1 saturated carbocycles. The van der Waals surface area contributed by atoms with E-state index in [1.54, 1.807) is 6.20 Å². The topological polar surface area (TPSA) is 42.0 Å². The van der Waals surface area contributed by atoms with Crippen LogP contribution in [0.1, 0.15) is 51.9 Å². The first-order valence-electron chi connectivity index (χ1n) is 7.62. The third-order valence-corrected chi connectivity index (χ3v) is 4.82. The van der Waals surface area contributed by atoms with Crippen LogP contribution >= 0.6 is 15.9 Å². The standard InChI is InChI=1S/C16H23BrN2O/c1-2-3-5-12-7-9-13(10-8-12)16(20)19-15-14(17)6-4-11-18-15/h4,6,11-13H,2-3,5,7-10H2,1H3,(H,18,19,20). The summed E-state index contributed by atoms with van der Waals surface area (Å²) in [5.74, 6) is 1.74. The molecule has 0 atom stereocenters. The second-order valence-corrected chi connectivity index (χ2v) is 6.54. The normalized spacial score (nSPS) is 22.5. The molecule has 0 unspecified atom stereocenters. The zero-order valence-electron chi connectivity index (χ0n) is 12.1. The number of halogens is 1. The summed E-state index contributed by atoms with van der Waals surface area (Å²) in [5, 5.41) is 2.94. The fourth-order valence-electron chi connectivity index (χ4n) is 2.90. The predicted octanol–water partition coefficient (Wildman–Crippen LogP) is 4.78. The van der Waals surface area contributed by atoms with Gasteiger partial charge in [-0.1, -0.05) is 26.2 Å². The highest BCUT2D eigenvalue weighted by molar-refractivity contribution is 9.10. The molecule has 110 valence electrons. The monoisotopic (exact) mass is 338 g/mol. The highest BCUT2D eigenvalue weighted by Gasteiger charge is 2.26. The number of anilines is 1. The summed E-state index contributed by atoms with van der Waals surface area (Å²) >= 11 is 3.41. The minimum absolute atomic E-state index is 0.123. The summed E-state index contributed by atoms with van der Waals surface area (Å²) in [4.78, 5) is 16.5. The van der Waals surface area contributed by atoms with Gasteiger partial charge < -0.3 is 5.32 Å². The number of hydrogen-bond acceptors (Lipinski definition) is 2. The van der Waals surface area contributed by atoms with Crippen molar-refractivity contribution in [1.82, 2.24) is 4.98 Å². The molecule has 1 aromatic rings. The minimum atomic E-state index is 0.123. The van der Waals surface area contributed by atoms with Crippen LogP contribution in [-0.2, 0) is 4.79 Å². The first kappa shape index (κ1) is 15.5. The Kier molecular flexibility index (Phi) is 6.02. The zero-order chi connectivity index (χ0) is 14.4. The van der Waals surface area contributed by atoms with Gasteiger partial charge in [-0.2, -0.15) is 0 Å². The summed E-state index contributed by atoms with van der Waals surface area (Å²) < 4.78 is 0.838. The van der Waals surface area contributed by atoms with Gasteiger partial charge in [0.2, 0.25) is 5.91 Å². The predicted molar refractivity (Wildman–Crippen MR) is 85.5 cm³/mol. The lowest BCUT2D eigenvalue weighted by Crippen LogP contribution is -2.27. The molecular formula is C16H23BrN2O. The first-order valence-corrected chi connectivity index (χ1v) is 8.41. The Hall–Kier alpha value is -0.900. The summed E-state index contributed by atoms with van der Waals surface area (Å²) in [6.45, 7) is 2.24. The average Bonchev–Trinajstić information content (AvgIpc) is 2.48. The second-order valence-electron chi connectivity index (χ2n) is 5.68. The number of nitrogens with one attached hydrogen (secondary N) is 1. The van der Waals surface area contributed by atoms with Crippen molar-refractivity contribution >= 4 is 27.7 Å². The van der Waals surface area contributed by atoms with E-state index < -0.39 is 0 Å². The van der Waals surface area contributed by atoms with Crippen LogP contribution in [0.2, 0.25) is 0 Å². The Labute approximate surface area is 129 Å². The molecule has 0 aromatic carbocycles. The lowest BCUT2D eigenvalue weighted by molar-refractivity contribution is -0.121. The maximum atomic E-state index is 12.3. The van der Waals surface area contributed by atoms with Gasteiger partial charge in [0.05, 0.1) is 4.47 Å². The van der Waals surface area contributed by atoms with Gasteiger partial charge in [0.25, 0.3) is 0 Å². The Morgan fingerprint density at radius 1 is 1.40 bits per heavy atom. The van der Waals surface area contributed by atoms with E-state index in [1.807, 2.05) is 12.1 Å². The molecule has 3 nitrogen and oxygen atoms in total. The molecule has 1 aromatic heterocycles. The summed E-state index contributed by atoms with van der Waals surface area (Å²) in [6.07, 6.45) is 10.0. The van der Waals surface area contributed by atoms with E-state index in [-0.39, 0.29) is 11.8 Å². The Morgan fingerprint density at radius 3 is 2.80 bits per heavy atom. The van der Waals surface area contributed by atoms with Crippen LogP contribution in [0.5, 0.6) is 0 Å². The molecule has 0 spiro atoms. The first-order chi connectivity index (χ1) is 9.70. The fourth-order valence-corrected chi connectivity index (χ4v) is 3.26. The molecule has 1 fully saturated rings. The molecule has 0 aliphatic heterocycles. The van der Waals surface area contributed by atoms with Crippen LogP contribution in [0.4, 0.5) is 5.82 Å². The highest BCUT2D eigenvalue weighted by atomic mass is 79.9. The van der Waals surface area contributed by atoms with Crippen LogP contribution in [0, 0.1) is 11.8 Å². The van der Waals surface area contributed by atoms with Crippen LogP contribution in [-0.4, -0.2) is 10.9 Å². The van der Waals surface area contributed by atoms with Gasteiger partial charge in [0, 0.05) is 12.1 Å². The van der Waals surface area contributed by atoms with Gasteiger partial charge in [-0.15, -0.1) is 0 Å². The minimum Gasteiger partial charge on any atom is -0.310 e. The highest BCUT2D eigenvalue weighted by Crippen LogP contribution is 2.32. The quantitative estimate of drug-likeness (QED) is 0.839. The van der Waals surface area contributed by atoms with Gasteiger partial charge in [-0.25, -0.2) is 4.98 Å². The average molecular weight is 339 g/mol. The molecule has 1 N–H and O–H groups in total. The van der Waals surface area contributed by atoms with Crippen LogP contribution in [0.25, 0.3) is 0 Å². The molecule has 20 heavy (non-hydrogen) atoms. The van der Waals surface area contributed by atoms with Crippen molar-refractivity contribution in [3.63, 3.8) is 0 Å². The van der Waals surface area contributed by atoms with E-state index in [4.69, 9.17) is 0 Å². The zero-order valence-corrected chi connectivity index (χ0v) is 13.7. The van der Waals surface area contributed by atoms with Crippen molar-refractivity contribution in [3.05, 3.63) is 22.8 Å². The summed E-state index contributed by atoms with van der Waals surface area (Å²) in [5.41, 5.74) is 0. The smallest absolute Gasteiger partial charge is 0.228 e. The summed E-state index contributed by atoms with van der Waals surface area (Å²) in [6, 6.07) is 3.74. The van der Waals surface area contributed by atoms with Crippen LogP contribution < -0.4 is 5.32 Å². The number of hydrogen-bond donors (Lipinski definition) is 1. The Balaban J connectivity index is 1.82. The maximum Gasteiger partial charge on any atom is 0.228 e. The maximum absolute atomic E-state index is 12.3. The Bertz CT molecular complexity index is 442. The lowest BCUT2D eigenvalue weighted by Gasteiger charge is -2.27. The molecule has 4 heteroatoms. The molecular weight excluding hydrogens is 316 g/mol. The molecule has 0 saturated heterocycles. The van der Waals surface area contributed by atoms with Gasteiger partial charge in [-0.05, 0) is 59.7 Å². The number of pyridine rings is 1. The molecule has 1 heterocycles. The molecule has 0 radical (unpaired) electrons. The number of rotatable bonds is 5. The molecule has 0 bridgehead atoms. The van der Waals surface area contributed by atoms with Crippen molar-refractivity contribution in [1.29, 1.82) is 0 Å². The van der Waals surface area contributed by atoms with Crippen molar-refractivity contribution in [2.24, 2.45) is 11.8 Å². The van der Waals surface area contributed by atoms with Crippen LogP contribution in [0.3, 0.4) is 0 Å². The van der Waals surface area contributed by atoms with E-state index in [1.165, 1.54) is 32.1 Å². The van der Waals surface area contributed by atoms with E-state index in [2.05, 4.69) is 33.2 Å². The third kappa shape index (κ3) is 4.30.